The Balaban J connectivity index is 1.65. The number of hydrogen-bond acceptors (Lipinski definition) is 1. The first-order valence-electron chi connectivity index (χ1n) is 8.49. The maximum absolute atomic E-state index is 4.23. The minimum atomic E-state index is 0.0893. The van der Waals surface area contributed by atoms with Crippen molar-refractivity contribution in [2.75, 3.05) is 7.05 Å². The Morgan fingerprint density at radius 2 is 1.62 bits per heavy atom. The fraction of sp³-hybridized carbons (Fsp3) is 0.217. The minimum absolute atomic E-state index is 0.0893. The van der Waals surface area contributed by atoms with Gasteiger partial charge in [-0.1, -0.05) is 68.6 Å². The molecule has 1 aliphatic heterocycles. The van der Waals surface area contributed by atoms with E-state index in [0.29, 0.717) is 0 Å². The second-order valence-corrected chi connectivity index (χ2v) is 7.33. The Labute approximate surface area is 144 Å². The van der Waals surface area contributed by atoms with E-state index >= 15 is 0 Å². The number of hydrogen-bond donors (Lipinski definition) is 0. The van der Waals surface area contributed by atoms with E-state index in [9.17, 15) is 0 Å². The largest absolute Gasteiger partial charge is 0.353 e. The van der Waals surface area contributed by atoms with Crippen molar-refractivity contribution >= 4 is 11.6 Å². The normalized spacial score (nSPS) is 18.8. The lowest BCUT2D eigenvalue weighted by Crippen LogP contribution is -2.35. The van der Waals surface area contributed by atoms with Gasteiger partial charge < -0.3 is 4.90 Å². The van der Waals surface area contributed by atoms with Crippen LogP contribution in [0.15, 0.2) is 73.1 Å². The van der Waals surface area contributed by atoms with E-state index in [2.05, 4.69) is 86.6 Å². The molecule has 1 heterocycles. The third-order valence-corrected chi connectivity index (χ3v) is 5.56. The molecule has 1 heteroatoms. The molecule has 24 heavy (non-hydrogen) atoms. The third kappa shape index (κ3) is 2.24. The van der Waals surface area contributed by atoms with E-state index in [0.717, 1.165) is 24.2 Å². The Morgan fingerprint density at radius 1 is 0.958 bits per heavy atom. The maximum atomic E-state index is 4.23. The molecule has 1 saturated heterocycles. The van der Waals surface area contributed by atoms with E-state index in [1.54, 1.807) is 0 Å². The maximum Gasteiger partial charge on any atom is 0.0111 e. The molecule has 2 aromatic rings. The first-order valence-corrected chi connectivity index (χ1v) is 8.49. The van der Waals surface area contributed by atoms with Gasteiger partial charge in [-0.25, -0.2) is 0 Å². The number of likely N-dealkylation sites (tertiary alicyclic amines) is 1. The van der Waals surface area contributed by atoms with Gasteiger partial charge in [0.25, 0.3) is 0 Å². The van der Waals surface area contributed by atoms with Crippen molar-refractivity contribution in [1.29, 1.82) is 0 Å². The zero-order valence-electron chi connectivity index (χ0n) is 14.5. The van der Waals surface area contributed by atoms with Crippen LogP contribution in [-0.4, -0.2) is 11.9 Å². The van der Waals surface area contributed by atoms with Gasteiger partial charge in [0, 0.05) is 23.9 Å². The predicted molar refractivity (Wildman–Crippen MR) is 102 cm³/mol. The molecule has 0 radical (unpaired) electrons. The van der Waals surface area contributed by atoms with E-state index in [-0.39, 0.29) is 5.41 Å². The van der Waals surface area contributed by atoms with E-state index in [1.807, 2.05) is 0 Å². The van der Waals surface area contributed by atoms with Gasteiger partial charge in [0.15, 0.2) is 0 Å². The second-order valence-electron chi connectivity index (χ2n) is 7.33. The van der Waals surface area contributed by atoms with E-state index in [4.69, 9.17) is 0 Å². The molecule has 0 amide bonds. The summed E-state index contributed by atoms with van der Waals surface area (Å²) in [5, 5.41) is 0. The monoisotopic (exact) mass is 313 g/mol. The van der Waals surface area contributed by atoms with Crippen molar-refractivity contribution in [2.45, 2.75) is 25.2 Å². The van der Waals surface area contributed by atoms with Gasteiger partial charge in [-0.15, -0.1) is 0 Å². The molecule has 120 valence electrons. The number of piperidine rings is 1. The highest BCUT2D eigenvalue weighted by molar-refractivity contribution is 6.03. The van der Waals surface area contributed by atoms with Gasteiger partial charge in [-0.05, 0) is 46.7 Å². The molecular weight excluding hydrogens is 290 g/mol. The molecule has 0 N–H and O–H groups in total. The van der Waals surface area contributed by atoms with Crippen molar-refractivity contribution in [2.24, 2.45) is 0 Å². The molecule has 2 aliphatic rings. The van der Waals surface area contributed by atoms with E-state index < -0.39 is 0 Å². The van der Waals surface area contributed by atoms with Crippen LogP contribution in [0.2, 0.25) is 0 Å². The lowest BCUT2D eigenvalue weighted by Gasteiger charge is -2.42. The molecule has 0 bridgehead atoms. The molecule has 0 aromatic heterocycles. The average Bonchev–Trinajstić information content (AvgIpc) is 2.54. The van der Waals surface area contributed by atoms with Gasteiger partial charge in [-0.3, -0.25) is 0 Å². The van der Waals surface area contributed by atoms with Crippen molar-refractivity contribution < 1.29 is 0 Å². The molecule has 1 nitrogen and oxygen atoms in total. The van der Waals surface area contributed by atoms with Crippen molar-refractivity contribution in [1.82, 2.24) is 4.90 Å². The molecule has 1 aliphatic carbocycles. The zero-order valence-corrected chi connectivity index (χ0v) is 14.5. The molecule has 0 saturated carbocycles. The summed E-state index contributed by atoms with van der Waals surface area (Å²) in [5.74, 6) is 0. The van der Waals surface area contributed by atoms with Gasteiger partial charge in [-0.2, -0.15) is 0 Å². The summed E-state index contributed by atoms with van der Waals surface area (Å²) in [6, 6.07) is 17.5. The van der Waals surface area contributed by atoms with Gasteiger partial charge in [0.05, 0.1) is 0 Å². The quantitative estimate of drug-likeness (QED) is 0.595. The zero-order chi connectivity index (χ0) is 16.9. The van der Waals surface area contributed by atoms with Crippen LogP contribution in [0.4, 0.5) is 0 Å². The summed E-state index contributed by atoms with van der Waals surface area (Å²) in [6.07, 6.45) is 4.27. The van der Waals surface area contributed by atoms with Crippen molar-refractivity contribution in [3.8, 4) is 0 Å². The van der Waals surface area contributed by atoms with Crippen LogP contribution in [0.25, 0.3) is 11.6 Å². The summed E-state index contributed by atoms with van der Waals surface area (Å²) < 4.78 is 0. The summed E-state index contributed by atoms with van der Waals surface area (Å²) in [5.41, 5.74) is 9.13. The summed E-state index contributed by atoms with van der Waals surface area (Å²) in [6.45, 7) is 10.8. The standard InChI is InChI=1S/C23H23N/c1-16-14-23(3,15-17(2)24(16)4)20-10-11-21-19(12-20)13-22(21)18-8-6-5-7-9-18/h5-13H,1-2,14-15H2,3-4H3. The van der Waals surface area contributed by atoms with Gasteiger partial charge in [0.1, 0.15) is 0 Å². The topological polar surface area (TPSA) is 3.24 Å². The van der Waals surface area contributed by atoms with Crippen molar-refractivity contribution in [3.63, 3.8) is 0 Å². The Bertz CT molecular complexity index is 852. The second kappa shape index (κ2) is 5.24. The molecule has 1 fully saturated rings. The highest BCUT2D eigenvalue weighted by Crippen LogP contribution is 2.45. The van der Waals surface area contributed by atoms with Gasteiger partial charge in [0.2, 0.25) is 0 Å². The van der Waals surface area contributed by atoms with Crippen LogP contribution in [0.5, 0.6) is 0 Å². The highest BCUT2D eigenvalue weighted by atomic mass is 15.1. The fourth-order valence-corrected chi connectivity index (χ4v) is 3.94. The van der Waals surface area contributed by atoms with Crippen LogP contribution in [0.3, 0.4) is 0 Å². The number of nitrogens with zero attached hydrogens (tertiary/aromatic N) is 1. The molecular formula is C23H23N. The minimum Gasteiger partial charge on any atom is -0.353 e. The average molecular weight is 313 g/mol. The lowest BCUT2D eigenvalue weighted by molar-refractivity contribution is 0.315. The predicted octanol–water partition coefficient (Wildman–Crippen LogP) is 5.60. The van der Waals surface area contributed by atoms with Crippen LogP contribution in [-0.2, 0) is 5.41 Å². The van der Waals surface area contributed by atoms with Crippen LogP contribution in [0, 0.1) is 0 Å². The Morgan fingerprint density at radius 3 is 2.25 bits per heavy atom. The van der Waals surface area contributed by atoms with Gasteiger partial charge >= 0.3 is 0 Å². The smallest absolute Gasteiger partial charge is 0.0111 e. The number of benzene rings is 2. The SMILES string of the molecule is C=C1CC(C)(c2ccc3c(c2)C=C3c2ccccc2)CC(=C)N1C. The molecule has 4 rings (SSSR count). The van der Waals surface area contributed by atoms with Crippen LogP contribution in [0.1, 0.15) is 42.0 Å². The molecule has 0 spiro atoms. The summed E-state index contributed by atoms with van der Waals surface area (Å²) in [7, 11) is 2.07. The number of rotatable bonds is 2. The third-order valence-electron chi connectivity index (χ3n) is 5.56. The Hall–Kier alpha value is -2.54. The van der Waals surface area contributed by atoms with Crippen molar-refractivity contribution in [3.05, 3.63) is 95.3 Å². The Kier molecular flexibility index (Phi) is 3.28. The lowest BCUT2D eigenvalue weighted by atomic mass is 9.70. The first kappa shape index (κ1) is 15.0. The first-order chi connectivity index (χ1) is 11.5. The highest BCUT2D eigenvalue weighted by Gasteiger charge is 2.35. The number of fused-ring (bicyclic) bond motifs is 1. The number of allylic oxidation sites excluding steroid dienone is 2. The molecule has 0 unspecified atom stereocenters. The summed E-state index contributed by atoms with van der Waals surface area (Å²) >= 11 is 0. The van der Waals surface area contributed by atoms with E-state index in [1.165, 1.54) is 27.8 Å². The van der Waals surface area contributed by atoms with Crippen LogP contribution >= 0.6 is 0 Å². The van der Waals surface area contributed by atoms with Crippen LogP contribution < -0.4 is 0 Å². The molecule has 0 atom stereocenters. The molecule has 2 aromatic carbocycles. The summed E-state index contributed by atoms with van der Waals surface area (Å²) in [4.78, 5) is 2.14. The fourth-order valence-electron chi connectivity index (χ4n) is 3.94.